The van der Waals surface area contributed by atoms with Crippen LogP contribution in [0.5, 0.6) is 0 Å². The number of hydrogen-bond acceptors (Lipinski definition) is 0. The molecule has 0 heterocycles. The standard InChI is InChI=1S/C12H14.C8H12/c1-9-7-8-10(2)12-6-4-3-5-11(9)12;1-7-3-5-8(2)6-4-7/h3-6H,7-8H2,1-2H3;3,5H,4,6H2,1-2H3. The zero-order chi connectivity index (χ0) is 14.5. The van der Waals surface area contributed by atoms with E-state index in [2.05, 4.69) is 64.1 Å². The van der Waals surface area contributed by atoms with Crippen LogP contribution in [0.2, 0.25) is 0 Å². The van der Waals surface area contributed by atoms with Gasteiger partial charge in [0.25, 0.3) is 0 Å². The largest absolute Gasteiger partial charge is 0.0730 e. The van der Waals surface area contributed by atoms with Gasteiger partial charge in [0, 0.05) is 0 Å². The van der Waals surface area contributed by atoms with Gasteiger partial charge in [-0.25, -0.2) is 0 Å². The summed E-state index contributed by atoms with van der Waals surface area (Å²) in [6, 6.07) is 8.71. The van der Waals surface area contributed by atoms with Crippen LogP contribution in [0.25, 0.3) is 11.1 Å². The van der Waals surface area contributed by atoms with E-state index in [1.54, 1.807) is 0 Å². The van der Waals surface area contributed by atoms with Gasteiger partial charge in [-0.1, -0.05) is 58.7 Å². The molecule has 1 aromatic rings. The summed E-state index contributed by atoms with van der Waals surface area (Å²) < 4.78 is 0. The fourth-order valence-electron chi connectivity index (χ4n) is 2.72. The topological polar surface area (TPSA) is 0 Å². The maximum atomic E-state index is 2.24. The molecule has 0 spiro atoms. The second kappa shape index (κ2) is 6.74. The number of rotatable bonds is 0. The van der Waals surface area contributed by atoms with Crippen LogP contribution in [0, 0.1) is 0 Å². The van der Waals surface area contributed by atoms with E-state index in [4.69, 9.17) is 0 Å². The van der Waals surface area contributed by atoms with E-state index < -0.39 is 0 Å². The Bertz CT molecular complexity index is 595. The zero-order valence-electron chi connectivity index (χ0n) is 13.3. The van der Waals surface area contributed by atoms with E-state index >= 15 is 0 Å². The minimum absolute atomic E-state index is 1.24. The third-order valence-electron chi connectivity index (χ3n) is 4.29. The van der Waals surface area contributed by atoms with Crippen LogP contribution in [-0.2, 0) is 0 Å². The Balaban J connectivity index is 0.000000160. The van der Waals surface area contributed by atoms with Gasteiger partial charge >= 0.3 is 0 Å². The predicted octanol–water partition coefficient (Wildman–Crippen LogP) is 4.49. The van der Waals surface area contributed by atoms with Gasteiger partial charge in [0.1, 0.15) is 0 Å². The van der Waals surface area contributed by atoms with Crippen LogP contribution in [0.4, 0.5) is 0 Å². The fourth-order valence-corrected chi connectivity index (χ4v) is 2.72. The molecule has 0 saturated heterocycles. The Labute approximate surface area is 123 Å². The van der Waals surface area contributed by atoms with Crippen LogP contribution in [0.1, 0.15) is 53.4 Å². The quantitative estimate of drug-likeness (QED) is 0.649. The number of allylic oxidation sites excluding steroid dienone is 4. The highest BCUT2D eigenvalue weighted by atomic mass is 14.1. The van der Waals surface area contributed by atoms with E-state index in [0.717, 1.165) is 0 Å². The Hall–Kier alpha value is -1.56. The summed E-state index contributed by atoms with van der Waals surface area (Å²) in [6.45, 7) is 8.85. The second-order valence-corrected chi connectivity index (χ2v) is 6.13. The van der Waals surface area contributed by atoms with Gasteiger partial charge < -0.3 is 0 Å². The molecular formula is C20H26. The summed E-state index contributed by atoms with van der Waals surface area (Å²) in [4.78, 5) is 0. The highest BCUT2D eigenvalue weighted by Gasteiger charge is 2.02. The molecule has 106 valence electrons. The van der Waals surface area contributed by atoms with Crippen LogP contribution in [0.3, 0.4) is 0 Å². The first kappa shape index (κ1) is 14.8. The van der Waals surface area contributed by atoms with Gasteiger partial charge in [0.15, 0.2) is 0 Å². The SMILES string of the molecule is CC1=CC=C(C)CC1.CC1=c2ccccc2=C(C)CC1. The zero-order valence-corrected chi connectivity index (χ0v) is 13.3. The van der Waals surface area contributed by atoms with E-state index in [0.29, 0.717) is 0 Å². The van der Waals surface area contributed by atoms with Gasteiger partial charge in [-0.15, -0.1) is 0 Å². The monoisotopic (exact) mass is 266 g/mol. The average molecular weight is 266 g/mol. The van der Waals surface area contributed by atoms with Gasteiger partial charge in [-0.05, 0) is 63.8 Å². The lowest BCUT2D eigenvalue weighted by atomic mass is 9.96. The van der Waals surface area contributed by atoms with Crippen molar-refractivity contribution in [2.45, 2.75) is 53.4 Å². The molecule has 0 unspecified atom stereocenters. The first-order valence-electron chi connectivity index (χ1n) is 7.65. The summed E-state index contributed by atoms with van der Waals surface area (Å²) in [5.41, 5.74) is 6.10. The second-order valence-electron chi connectivity index (χ2n) is 6.13. The van der Waals surface area contributed by atoms with Crippen molar-refractivity contribution < 1.29 is 0 Å². The van der Waals surface area contributed by atoms with Crippen molar-refractivity contribution in [3.63, 3.8) is 0 Å². The molecule has 20 heavy (non-hydrogen) atoms. The van der Waals surface area contributed by atoms with E-state index in [-0.39, 0.29) is 0 Å². The first-order valence-corrected chi connectivity index (χ1v) is 7.65. The average Bonchev–Trinajstić information content (AvgIpc) is 2.47. The fraction of sp³-hybridized carbons (Fsp3) is 0.400. The third kappa shape index (κ3) is 3.72. The molecule has 3 rings (SSSR count). The molecule has 2 aliphatic rings. The first-order chi connectivity index (χ1) is 9.58. The lowest BCUT2D eigenvalue weighted by Gasteiger charge is -2.10. The molecule has 0 N–H and O–H groups in total. The molecule has 0 heteroatoms. The van der Waals surface area contributed by atoms with Crippen LogP contribution in [0.15, 0.2) is 47.6 Å². The normalized spacial score (nSPS) is 17.6. The maximum absolute atomic E-state index is 2.24. The summed E-state index contributed by atoms with van der Waals surface area (Å²) in [5.74, 6) is 0. The number of fused-ring (bicyclic) bond motifs is 1. The molecule has 0 bridgehead atoms. The lowest BCUT2D eigenvalue weighted by molar-refractivity contribution is 0.906. The van der Waals surface area contributed by atoms with Crippen molar-refractivity contribution in [3.05, 3.63) is 58.0 Å². The Morgan fingerprint density at radius 1 is 0.600 bits per heavy atom. The summed E-state index contributed by atoms with van der Waals surface area (Å²) in [6.07, 6.45) is 9.42. The highest BCUT2D eigenvalue weighted by molar-refractivity contribution is 5.55. The molecule has 0 aliphatic heterocycles. The van der Waals surface area contributed by atoms with Gasteiger partial charge in [-0.2, -0.15) is 0 Å². The molecule has 0 aromatic heterocycles. The Kier molecular flexibility index (Phi) is 5.00. The smallest absolute Gasteiger partial charge is 0.0195 e. The Morgan fingerprint density at radius 3 is 1.35 bits per heavy atom. The predicted molar refractivity (Wildman–Crippen MR) is 89.8 cm³/mol. The van der Waals surface area contributed by atoms with Crippen molar-refractivity contribution in [1.29, 1.82) is 0 Å². The molecule has 0 nitrogen and oxygen atoms in total. The number of hydrogen-bond donors (Lipinski definition) is 0. The minimum atomic E-state index is 1.24. The summed E-state index contributed by atoms with van der Waals surface area (Å²) >= 11 is 0. The molecule has 2 aliphatic carbocycles. The Morgan fingerprint density at radius 2 is 1.00 bits per heavy atom. The molecule has 0 amide bonds. The molecule has 0 atom stereocenters. The van der Waals surface area contributed by atoms with Crippen molar-refractivity contribution >= 4 is 11.1 Å². The van der Waals surface area contributed by atoms with E-state index in [1.165, 1.54) is 58.4 Å². The lowest BCUT2D eigenvalue weighted by Crippen LogP contribution is -2.30. The van der Waals surface area contributed by atoms with Gasteiger partial charge in [0.05, 0.1) is 0 Å². The van der Waals surface area contributed by atoms with Crippen LogP contribution >= 0.6 is 0 Å². The summed E-state index contributed by atoms with van der Waals surface area (Å²) in [5, 5.41) is 2.92. The molecule has 0 radical (unpaired) electrons. The number of benzene rings is 1. The molecule has 0 fully saturated rings. The summed E-state index contributed by atoms with van der Waals surface area (Å²) in [7, 11) is 0. The third-order valence-corrected chi connectivity index (χ3v) is 4.29. The van der Waals surface area contributed by atoms with Crippen LogP contribution < -0.4 is 10.4 Å². The molecule has 1 aromatic carbocycles. The van der Waals surface area contributed by atoms with Crippen molar-refractivity contribution in [2.24, 2.45) is 0 Å². The van der Waals surface area contributed by atoms with Gasteiger partial charge in [0.2, 0.25) is 0 Å². The van der Waals surface area contributed by atoms with Gasteiger partial charge in [-0.3, -0.25) is 0 Å². The van der Waals surface area contributed by atoms with E-state index in [1.807, 2.05) is 0 Å². The van der Waals surface area contributed by atoms with Crippen molar-refractivity contribution in [2.75, 3.05) is 0 Å². The van der Waals surface area contributed by atoms with Crippen LogP contribution in [-0.4, -0.2) is 0 Å². The minimum Gasteiger partial charge on any atom is -0.0730 e. The molecular weight excluding hydrogens is 240 g/mol. The molecule has 0 saturated carbocycles. The van der Waals surface area contributed by atoms with E-state index in [9.17, 15) is 0 Å². The highest BCUT2D eigenvalue weighted by Crippen LogP contribution is 2.16. The maximum Gasteiger partial charge on any atom is -0.0195 e. The van der Waals surface area contributed by atoms with Crippen molar-refractivity contribution in [1.82, 2.24) is 0 Å². The van der Waals surface area contributed by atoms with Crippen molar-refractivity contribution in [3.8, 4) is 0 Å².